The van der Waals surface area contributed by atoms with Crippen molar-refractivity contribution < 1.29 is 4.79 Å². The number of aromatic nitrogens is 1. The summed E-state index contributed by atoms with van der Waals surface area (Å²) in [5.74, 6) is 1.12. The number of carbonyl (C=O) groups excluding carboxylic acids is 1. The van der Waals surface area contributed by atoms with E-state index in [1.54, 1.807) is 6.20 Å². The van der Waals surface area contributed by atoms with Gasteiger partial charge in [-0.15, -0.1) is 0 Å². The van der Waals surface area contributed by atoms with Crippen LogP contribution in [0.15, 0.2) is 18.3 Å². The van der Waals surface area contributed by atoms with Crippen molar-refractivity contribution in [2.75, 3.05) is 25.0 Å². The van der Waals surface area contributed by atoms with E-state index in [1.165, 1.54) is 44.9 Å². The van der Waals surface area contributed by atoms with Gasteiger partial charge in [0.25, 0.3) is 5.91 Å². The molecule has 0 bridgehead atoms. The number of pyridine rings is 1. The highest BCUT2D eigenvalue weighted by molar-refractivity contribution is 5.94. The Labute approximate surface area is 139 Å². The molecule has 1 saturated heterocycles. The smallest absolute Gasteiger partial charge is 0.254 e. The quantitative estimate of drug-likeness (QED) is 0.849. The molecule has 0 unspecified atom stereocenters. The molecule has 0 N–H and O–H groups in total. The number of nitrogens with zero attached hydrogens (tertiary/aromatic N) is 3. The van der Waals surface area contributed by atoms with Crippen LogP contribution in [0, 0.1) is 0 Å². The second-order valence-electron chi connectivity index (χ2n) is 7.01. The van der Waals surface area contributed by atoms with Crippen molar-refractivity contribution in [1.82, 2.24) is 9.88 Å². The first kappa shape index (κ1) is 16.3. The Balaban J connectivity index is 1.71. The first-order valence-corrected chi connectivity index (χ1v) is 9.24. The van der Waals surface area contributed by atoms with Gasteiger partial charge in [0.15, 0.2) is 0 Å². The predicted octanol–water partition coefficient (Wildman–Crippen LogP) is 3.87. The fourth-order valence-electron chi connectivity index (χ4n) is 3.86. The number of anilines is 1. The topological polar surface area (TPSA) is 36.4 Å². The Hall–Kier alpha value is -1.58. The maximum Gasteiger partial charge on any atom is 0.254 e. The molecule has 1 aliphatic carbocycles. The molecule has 0 spiro atoms. The lowest BCUT2D eigenvalue weighted by atomic mass is 9.94. The molecule has 0 atom stereocenters. The van der Waals surface area contributed by atoms with Gasteiger partial charge in [0.1, 0.15) is 5.82 Å². The summed E-state index contributed by atoms with van der Waals surface area (Å²) >= 11 is 0. The molecule has 1 aliphatic heterocycles. The van der Waals surface area contributed by atoms with Crippen LogP contribution in [0.3, 0.4) is 0 Å². The molecule has 4 nitrogen and oxygen atoms in total. The zero-order chi connectivity index (χ0) is 16.1. The molecule has 126 valence electrons. The molecule has 2 heterocycles. The molecule has 1 aromatic heterocycles. The van der Waals surface area contributed by atoms with Crippen LogP contribution in [0.4, 0.5) is 5.82 Å². The van der Waals surface area contributed by atoms with Crippen molar-refractivity contribution in [1.29, 1.82) is 0 Å². The van der Waals surface area contributed by atoms with E-state index in [4.69, 9.17) is 0 Å². The van der Waals surface area contributed by atoms with Crippen LogP contribution in [-0.4, -0.2) is 42.0 Å². The van der Waals surface area contributed by atoms with Gasteiger partial charge in [-0.3, -0.25) is 4.79 Å². The van der Waals surface area contributed by atoms with Gasteiger partial charge in [-0.05, 0) is 37.8 Å². The van der Waals surface area contributed by atoms with E-state index < -0.39 is 0 Å². The summed E-state index contributed by atoms with van der Waals surface area (Å²) in [6, 6.07) is 4.27. The molecular formula is C19H29N3O. The lowest BCUT2D eigenvalue weighted by molar-refractivity contribution is 0.0696. The summed E-state index contributed by atoms with van der Waals surface area (Å²) in [5, 5.41) is 0. The lowest BCUT2D eigenvalue weighted by Crippen LogP contribution is -2.38. The third-order valence-corrected chi connectivity index (χ3v) is 5.37. The van der Waals surface area contributed by atoms with Gasteiger partial charge in [-0.2, -0.15) is 0 Å². The molecule has 1 saturated carbocycles. The van der Waals surface area contributed by atoms with E-state index in [0.717, 1.165) is 37.3 Å². The highest BCUT2D eigenvalue weighted by Crippen LogP contribution is 2.24. The molecular weight excluding hydrogens is 286 g/mol. The van der Waals surface area contributed by atoms with Crippen molar-refractivity contribution in [3.05, 3.63) is 23.9 Å². The Morgan fingerprint density at radius 3 is 2.43 bits per heavy atom. The lowest BCUT2D eigenvalue weighted by Gasteiger charge is -2.31. The highest BCUT2D eigenvalue weighted by Gasteiger charge is 2.23. The van der Waals surface area contributed by atoms with Gasteiger partial charge in [-0.1, -0.05) is 32.1 Å². The maximum atomic E-state index is 12.8. The Morgan fingerprint density at radius 1 is 1.09 bits per heavy atom. The first-order chi connectivity index (χ1) is 11.3. The number of hydrogen-bond donors (Lipinski definition) is 0. The number of rotatable bonds is 3. The van der Waals surface area contributed by atoms with Crippen LogP contribution >= 0.6 is 0 Å². The summed E-state index contributed by atoms with van der Waals surface area (Å²) in [6.45, 7) is 2.12. The average molecular weight is 315 g/mol. The van der Waals surface area contributed by atoms with Crippen molar-refractivity contribution in [2.24, 2.45) is 0 Å². The summed E-state index contributed by atoms with van der Waals surface area (Å²) in [7, 11) is 1.96. The van der Waals surface area contributed by atoms with Gasteiger partial charge in [-0.25, -0.2) is 4.98 Å². The van der Waals surface area contributed by atoms with Gasteiger partial charge < -0.3 is 9.80 Å². The van der Waals surface area contributed by atoms with Crippen molar-refractivity contribution in [2.45, 2.75) is 63.8 Å². The van der Waals surface area contributed by atoms with Crippen molar-refractivity contribution in [3.63, 3.8) is 0 Å². The monoisotopic (exact) mass is 315 g/mol. The molecule has 3 rings (SSSR count). The number of hydrogen-bond acceptors (Lipinski definition) is 3. The molecule has 0 aromatic carbocycles. The van der Waals surface area contributed by atoms with Crippen LogP contribution in [0.5, 0.6) is 0 Å². The normalized spacial score (nSPS) is 20.1. The Kier molecular flexibility index (Phi) is 5.52. The number of amides is 1. The van der Waals surface area contributed by atoms with E-state index in [2.05, 4.69) is 9.88 Å². The molecule has 0 radical (unpaired) electrons. The van der Waals surface area contributed by atoms with Crippen molar-refractivity contribution >= 4 is 11.7 Å². The van der Waals surface area contributed by atoms with Crippen LogP contribution in [0.25, 0.3) is 0 Å². The SMILES string of the molecule is CN(C(=O)c1ccnc(N2CCCCCC2)c1)C1CCCCC1. The average Bonchev–Trinajstić information content (AvgIpc) is 2.91. The standard InChI is InChI=1S/C19H29N3O/c1-21(17-9-5-4-6-10-17)19(23)16-11-12-20-18(15-16)22-13-7-2-3-8-14-22/h11-12,15,17H,2-10,13-14H2,1H3. The number of carbonyl (C=O) groups is 1. The van der Waals surface area contributed by atoms with Gasteiger partial charge >= 0.3 is 0 Å². The molecule has 1 amide bonds. The van der Waals surface area contributed by atoms with Crippen molar-refractivity contribution in [3.8, 4) is 0 Å². The van der Waals surface area contributed by atoms with Gasteiger partial charge in [0.05, 0.1) is 0 Å². The minimum Gasteiger partial charge on any atom is -0.357 e. The Morgan fingerprint density at radius 2 is 1.74 bits per heavy atom. The van der Waals surface area contributed by atoms with Crippen LogP contribution < -0.4 is 4.90 Å². The highest BCUT2D eigenvalue weighted by atomic mass is 16.2. The van der Waals surface area contributed by atoms with Gasteiger partial charge in [0, 0.05) is 37.9 Å². The Bertz CT molecular complexity index is 517. The molecule has 23 heavy (non-hydrogen) atoms. The fraction of sp³-hybridized carbons (Fsp3) is 0.684. The van der Waals surface area contributed by atoms with Crippen LogP contribution in [0.2, 0.25) is 0 Å². The predicted molar refractivity (Wildman–Crippen MR) is 93.9 cm³/mol. The largest absolute Gasteiger partial charge is 0.357 e. The molecule has 2 fully saturated rings. The van der Waals surface area contributed by atoms with E-state index in [-0.39, 0.29) is 5.91 Å². The summed E-state index contributed by atoms with van der Waals surface area (Å²) in [5.41, 5.74) is 0.785. The van der Waals surface area contributed by atoms with E-state index in [9.17, 15) is 4.79 Å². The molecule has 1 aromatic rings. The van der Waals surface area contributed by atoms with Crippen LogP contribution in [0.1, 0.15) is 68.1 Å². The summed E-state index contributed by atoms with van der Waals surface area (Å²) in [6.07, 6.45) is 13.0. The van der Waals surface area contributed by atoms with E-state index in [1.807, 2.05) is 24.1 Å². The summed E-state index contributed by atoms with van der Waals surface area (Å²) < 4.78 is 0. The molecule has 2 aliphatic rings. The minimum atomic E-state index is 0.148. The first-order valence-electron chi connectivity index (χ1n) is 9.24. The van der Waals surface area contributed by atoms with Crippen LogP contribution in [-0.2, 0) is 0 Å². The summed E-state index contributed by atoms with van der Waals surface area (Å²) in [4.78, 5) is 21.6. The second kappa shape index (κ2) is 7.80. The maximum absolute atomic E-state index is 12.8. The van der Waals surface area contributed by atoms with Gasteiger partial charge in [0.2, 0.25) is 0 Å². The zero-order valence-electron chi connectivity index (χ0n) is 14.3. The zero-order valence-corrected chi connectivity index (χ0v) is 14.3. The fourth-order valence-corrected chi connectivity index (χ4v) is 3.86. The van der Waals surface area contributed by atoms with E-state index >= 15 is 0 Å². The second-order valence-corrected chi connectivity index (χ2v) is 7.01. The molecule has 4 heteroatoms. The third kappa shape index (κ3) is 4.04. The third-order valence-electron chi connectivity index (χ3n) is 5.37. The minimum absolute atomic E-state index is 0.148. The van der Waals surface area contributed by atoms with E-state index in [0.29, 0.717) is 6.04 Å².